The average Bonchev–Trinajstić information content (AvgIpc) is 2.51. The fourth-order valence-corrected chi connectivity index (χ4v) is 1.53. The number of hydrogen-bond donors (Lipinski definition) is 2. The molecule has 2 atom stereocenters. The van der Waals surface area contributed by atoms with Gasteiger partial charge in [-0.3, -0.25) is 4.79 Å². The van der Waals surface area contributed by atoms with Crippen molar-refractivity contribution >= 4 is 5.91 Å². The van der Waals surface area contributed by atoms with Gasteiger partial charge in [0.15, 0.2) is 0 Å². The first-order valence-electron chi connectivity index (χ1n) is 5.22. The van der Waals surface area contributed by atoms with E-state index in [2.05, 4.69) is 0 Å². The number of amides is 1. The van der Waals surface area contributed by atoms with Gasteiger partial charge in [-0.25, -0.2) is 0 Å². The second kappa shape index (κ2) is 4.75. The number of rotatable bonds is 3. The average molecular weight is 200 g/mol. The lowest BCUT2D eigenvalue weighted by Crippen LogP contribution is -2.37. The van der Waals surface area contributed by atoms with Gasteiger partial charge in [-0.2, -0.15) is 0 Å². The summed E-state index contributed by atoms with van der Waals surface area (Å²) < 4.78 is 0. The summed E-state index contributed by atoms with van der Waals surface area (Å²) in [6.45, 7) is 5.17. The first-order chi connectivity index (χ1) is 6.50. The Bertz CT molecular complexity index is 206. The molecule has 4 nitrogen and oxygen atoms in total. The molecule has 0 radical (unpaired) electrons. The molecule has 1 rings (SSSR count). The molecule has 0 spiro atoms. The third-order valence-corrected chi connectivity index (χ3v) is 2.78. The Labute approximate surface area is 85.1 Å². The summed E-state index contributed by atoms with van der Waals surface area (Å²) in [6, 6.07) is -0.0692. The minimum Gasteiger partial charge on any atom is -0.391 e. The molecule has 1 heterocycles. The second-order valence-electron chi connectivity index (χ2n) is 4.39. The van der Waals surface area contributed by atoms with Crippen molar-refractivity contribution in [3.05, 3.63) is 0 Å². The van der Waals surface area contributed by atoms with Crippen LogP contribution >= 0.6 is 0 Å². The first kappa shape index (κ1) is 11.5. The topological polar surface area (TPSA) is 66.6 Å². The molecule has 1 saturated heterocycles. The molecule has 0 aliphatic carbocycles. The zero-order valence-corrected chi connectivity index (χ0v) is 8.94. The number of nitrogens with two attached hydrogens (primary N) is 1. The summed E-state index contributed by atoms with van der Waals surface area (Å²) in [6.07, 6.45) is 0.752. The van der Waals surface area contributed by atoms with Crippen molar-refractivity contribution in [1.82, 2.24) is 4.90 Å². The Morgan fingerprint density at radius 1 is 1.64 bits per heavy atom. The number of hydrogen-bond acceptors (Lipinski definition) is 3. The Hall–Kier alpha value is -0.610. The molecule has 82 valence electrons. The van der Waals surface area contributed by atoms with Crippen molar-refractivity contribution in [1.29, 1.82) is 0 Å². The van der Waals surface area contributed by atoms with Crippen molar-refractivity contribution in [2.24, 2.45) is 11.7 Å². The minimum absolute atomic E-state index is 0.0692. The van der Waals surface area contributed by atoms with Crippen LogP contribution in [-0.4, -0.2) is 41.1 Å². The molecule has 1 unspecified atom stereocenters. The lowest BCUT2D eigenvalue weighted by atomic mass is 10.0. The molecule has 0 saturated carbocycles. The van der Waals surface area contributed by atoms with Crippen LogP contribution in [0.1, 0.15) is 26.7 Å². The molecule has 1 amide bonds. The smallest absolute Gasteiger partial charge is 0.224 e. The molecule has 14 heavy (non-hydrogen) atoms. The molecule has 3 N–H and O–H groups in total. The normalized spacial score (nSPS) is 24.4. The molecule has 1 aliphatic rings. The monoisotopic (exact) mass is 200 g/mol. The predicted molar refractivity (Wildman–Crippen MR) is 54.6 cm³/mol. The van der Waals surface area contributed by atoms with Gasteiger partial charge in [0, 0.05) is 25.6 Å². The summed E-state index contributed by atoms with van der Waals surface area (Å²) >= 11 is 0. The van der Waals surface area contributed by atoms with Crippen LogP contribution in [0.4, 0.5) is 0 Å². The van der Waals surface area contributed by atoms with E-state index in [1.165, 1.54) is 0 Å². The van der Waals surface area contributed by atoms with Crippen LogP contribution < -0.4 is 5.73 Å². The van der Waals surface area contributed by atoms with Crippen LogP contribution in [0.2, 0.25) is 0 Å². The highest BCUT2D eigenvalue weighted by Gasteiger charge is 2.25. The van der Waals surface area contributed by atoms with Crippen molar-refractivity contribution < 1.29 is 9.90 Å². The number of aliphatic hydroxyl groups is 1. The van der Waals surface area contributed by atoms with Gasteiger partial charge < -0.3 is 15.7 Å². The van der Waals surface area contributed by atoms with E-state index in [1.54, 1.807) is 4.90 Å². The van der Waals surface area contributed by atoms with Gasteiger partial charge in [-0.05, 0) is 12.3 Å². The highest BCUT2D eigenvalue weighted by molar-refractivity contribution is 5.77. The van der Waals surface area contributed by atoms with Crippen LogP contribution in [0.3, 0.4) is 0 Å². The summed E-state index contributed by atoms with van der Waals surface area (Å²) in [5.41, 5.74) is 5.81. The van der Waals surface area contributed by atoms with Gasteiger partial charge in [0.25, 0.3) is 0 Å². The van der Waals surface area contributed by atoms with Gasteiger partial charge in [0.05, 0.1) is 6.10 Å². The lowest BCUT2D eigenvalue weighted by molar-refractivity contribution is -0.131. The summed E-state index contributed by atoms with van der Waals surface area (Å²) in [5, 5.41) is 9.27. The number of likely N-dealkylation sites (tertiary alicyclic amines) is 1. The molecular weight excluding hydrogens is 180 g/mol. The highest BCUT2D eigenvalue weighted by Crippen LogP contribution is 2.12. The quantitative estimate of drug-likeness (QED) is 0.671. The minimum atomic E-state index is -0.339. The SMILES string of the molecule is CC(C)C(N)CC(=O)N1CC[C@@H](O)C1. The van der Waals surface area contributed by atoms with E-state index in [0.717, 1.165) is 0 Å². The molecular formula is C10H20N2O2. The van der Waals surface area contributed by atoms with Crippen molar-refractivity contribution in [3.63, 3.8) is 0 Å². The van der Waals surface area contributed by atoms with E-state index < -0.39 is 0 Å². The van der Waals surface area contributed by atoms with E-state index >= 15 is 0 Å². The van der Waals surface area contributed by atoms with Gasteiger partial charge in [-0.1, -0.05) is 13.8 Å². The van der Waals surface area contributed by atoms with Gasteiger partial charge in [0.1, 0.15) is 0 Å². The molecule has 1 aliphatic heterocycles. The summed E-state index contributed by atoms with van der Waals surface area (Å²) in [7, 11) is 0. The van der Waals surface area contributed by atoms with Crippen molar-refractivity contribution in [2.75, 3.05) is 13.1 Å². The Balaban J connectivity index is 2.35. The Morgan fingerprint density at radius 2 is 2.29 bits per heavy atom. The van der Waals surface area contributed by atoms with E-state index in [-0.39, 0.29) is 18.1 Å². The fraction of sp³-hybridized carbons (Fsp3) is 0.900. The number of carbonyl (C=O) groups excluding carboxylic acids is 1. The van der Waals surface area contributed by atoms with E-state index in [4.69, 9.17) is 5.73 Å². The van der Waals surface area contributed by atoms with Crippen LogP contribution in [0.5, 0.6) is 0 Å². The van der Waals surface area contributed by atoms with Gasteiger partial charge in [0.2, 0.25) is 5.91 Å². The number of carbonyl (C=O) groups is 1. The van der Waals surface area contributed by atoms with Crippen molar-refractivity contribution in [2.45, 2.75) is 38.8 Å². The zero-order valence-electron chi connectivity index (χ0n) is 8.94. The van der Waals surface area contributed by atoms with Crippen LogP contribution in [0.25, 0.3) is 0 Å². The fourth-order valence-electron chi connectivity index (χ4n) is 1.53. The molecule has 0 aromatic rings. The maximum atomic E-state index is 11.6. The number of β-amino-alcohol motifs (C(OH)–C–C–N with tert-alkyl or cyclic N) is 1. The summed E-state index contributed by atoms with van der Waals surface area (Å²) in [4.78, 5) is 13.3. The molecule has 0 bridgehead atoms. The first-order valence-corrected chi connectivity index (χ1v) is 5.22. The molecule has 0 aromatic carbocycles. The van der Waals surface area contributed by atoms with Crippen molar-refractivity contribution in [3.8, 4) is 0 Å². The third-order valence-electron chi connectivity index (χ3n) is 2.78. The maximum absolute atomic E-state index is 11.6. The maximum Gasteiger partial charge on any atom is 0.224 e. The molecule has 4 heteroatoms. The number of nitrogens with zero attached hydrogens (tertiary/aromatic N) is 1. The molecule has 0 aromatic heterocycles. The third kappa shape index (κ3) is 2.96. The largest absolute Gasteiger partial charge is 0.391 e. The lowest BCUT2D eigenvalue weighted by Gasteiger charge is -2.20. The summed E-state index contributed by atoms with van der Waals surface area (Å²) in [5.74, 6) is 0.397. The van der Waals surface area contributed by atoms with Gasteiger partial charge in [-0.15, -0.1) is 0 Å². The highest BCUT2D eigenvalue weighted by atomic mass is 16.3. The number of aliphatic hydroxyl groups excluding tert-OH is 1. The van der Waals surface area contributed by atoms with E-state index in [1.807, 2.05) is 13.8 Å². The van der Waals surface area contributed by atoms with Crippen LogP contribution in [0, 0.1) is 5.92 Å². The second-order valence-corrected chi connectivity index (χ2v) is 4.39. The van der Waals surface area contributed by atoms with Gasteiger partial charge >= 0.3 is 0 Å². The predicted octanol–water partition coefficient (Wildman–Crippen LogP) is -0.0470. The van der Waals surface area contributed by atoms with Crippen LogP contribution in [-0.2, 0) is 4.79 Å². The Kier molecular flexibility index (Phi) is 3.89. The zero-order chi connectivity index (χ0) is 10.7. The van der Waals surface area contributed by atoms with E-state index in [0.29, 0.717) is 31.8 Å². The molecule has 1 fully saturated rings. The standard InChI is InChI=1S/C10H20N2O2/c1-7(2)9(11)5-10(14)12-4-3-8(13)6-12/h7-9,13H,3-6,11H2,1-2H3/t8-,9?/m1/s1. The van der Waals surface area contributed by atoms with Crippen LogP contribution in [0.15, 0.2) is 0 Å². The van der Waals surface area contributed by atoms with E-state index in [9.17, 15) is 9.90 Å². The Morgan fingerprint density at radius 3 is 2.71 bits per heavy atom.